The van der Waals surface area contributed by atoms with E-state index in [-0.39, 0.29) is 54.4 Å². The van der Waals surface area contributed by atoms with Gasteiger partial charge in [-0.2, -0.15) is 18.2 Å². The summed E-state index contributed by atoms with van der Waals surface area (Å²) in [6.07, 6.45) is 5.27. The van der Waals surface area contributed by atoms with Crippen LogP contribution < -0.4 is 14.2 Å². The first-order valence-electron chi connectivity index (χ1n) is 24.4. The van der Waals surface area contributed by atoms with Crippen LogP contribution in [0.2, 0.25) is 0 Å². The topological polar surface area (TPSA) is 39.1 Å². The molecular formula is C54H43N5OPt-2. The van der Waals surface area contributed by atoms with Crippen molar-refractivity contribution in [3.63, 3.8) is 0 Å². The number of anilines is 1. The van der Waals surface area contributed by atoms with Gasteiger partial charge in [-0.05, 0) is 74.6 Å². The summed E-state index contributed by atoms with van der Waals surface area (Å²) in [4.78, 5) is 6.74. The number of hydrogen-bond donors (Lipinski definition) is 0. The molecule has 7 heteroatoms. The molecule has 0 atom stereocenters. The predicted molar refractivity (Wildman–Crippen MR) is 244 cm³/mol. The van der Waals surface area contributed by atoms with E-state index in [2.05, 4.69) is 62.0 Å². The first-order valence-corrected chi connectivity index (χ1v) is 19.4. The summed E-state index contributed by atoms with van der Waals surface area (Å²) in [6, 6.07) is 33.6. The van der Waals surface area contributed by atoms with Gasteiger partial charge in [0.05, 0.1) is 30.4 Å². The van der Waals surface area contributed by atoms with Crippen LogP contribution in [-0.4, -0.2) is 28.2 Å². The number of fused-ring (bicyclic) bond motifs is 4. The van der Waals surface area contributed by atoms with Gasteiger partial charge in [0, 0.05) is 64.1 Å². The number of ether oxygens (including phenoxy) is 1. The number of para-hydroxylation sites is 2. The van der Waals surface area contributed by atoms with Gasteiger partial charge in [-0.1, -0.05) is 129 Å². The second-order valence-electron chi connectivity index (χ2n) is 15.6. The summed E-state index contributed by atoms with van der Waals surface area (Å²) in [6.45, 7) is 6.50. The number of benzene rings is 7. The molecule has 3 aromatic heterocycles. The van der Waals surface area contributed by atoms with E-state index >= 15 is 0 Å². The van der Waals surface area contributed by atoms with Crippen LogP contribution in [0.25, 0.3) is 72.3 Å². The molecule has 6 nitrogen and oxygen atoms in total. The molecule has 302 valence electrons. The van der Waals surface area contributed by atoms with Crippen molar-refractivity contribution in [1.29, 1.82) is 0 Å². The van der Waals surface area contributed by atoms with Crippen molar-refractivity contribution in [3.05, 3.63) is 194 Å². The quantitative estimate of drug-likeness (QED) is 0.112. The number of imidazole rings is 1. The van der Waals surface area contributed by atoms with E-state index in [1.54, 1.807) is 33.4 Å². The fraction of sp³-hybridized carbons (Fsp3) is 0.111. The second-order valence-corrected chi connectivity index (χ2v) is 15.6. The molecule has 0 saturated carbocycles. The normalized spacial score (nSPS) is 13.9. The number of pyridine rings is 1. The van der Waals surface area contributed by atoms with Crippen molar-refractivity contribution in [2.75, 3.05) is 19.0 Å². The van der Waals surface area contributed by atoms with Gasteiger partial charge in [0.15, 0.2) is 0 Å². The third kappa shape index (κ3) is 7.32. The summed E-state index contributed by atoms with van der Waals surface area (Å²) < 4.78 is 99.4. The van der Waals surface area contributed by atoms with Gasteiger partial charge in [-0.25, -0.2) is 4.98 Å². The summed E-state index contributed by atoms with van der Waals surface area (Å²) in [5, 5.41) is 2.02. The zero-order valence-corrected chi connectivity index (χ0v) is 36.1. The van der Waals surface area contributed by atoms with Gasteiger partial charge in [-0.15, -0.1) is 29.7 Å². The predicted octanol–water partition coefficient (Wildman–Crippen LogP) is 12.3. The standard InChI is InChI=1S/C54H43N5O.Pt/c1-54(2,3)39-30-31-55-52(32-39)59-48-25-13-12-22-46(48)47-28-27-43(35-50(47)59)60-42-21-14-20-41(33-42)57-36-58(49-29-26-40(56(4)5)34-51(49)57)53-44(37-16-8-6-9-17-37)23-15-24-45(53)38-18-10-7-11-19-38;/h6-32,34H,1-5H3;/q-2;/i6D,7D,8D,9D,10D,11D,16D,17D,18D,19D;. The van der Waals surface area contributed by atoms with Crippen LogP contribution in [0, 0.1) is 18.5 Å². The molecule has 0 fully saturated rings. The molecule has 61 heavy (non-hydrogen) atoms. The van der Waals surface area contributed by atoms with E-state index in [0.29, 0.717) is 28.2 Å². The van der Waals surface area contributed by atoms with E-state index in [1.807, 2.05) is 85.9 Å². The molecule has 0 bridgehead atoms. The fourth-order valence-corrected chi connectivity index (χ4v) is 7.60. The first-order chi connectivity index (χ1) is 33.3. The SMILES string of the molecule is [2H]c1c([2H])c([2H])c(-c2cccc(-c3c([2H])c([2H])c([2H])c([2H])c3[2H])c2-[n+]2[c-]n(-c3[c-]c(Oc4[c-]c5c(cc4)c4ccccc4n5-c4cc(C(C)(C)C)ccn4)ccc3)c3cc(N(C)C)ccc32)c([2H])c1[2H].[Pt]. The van der Waals surface area contributed by atoms with Crippen LogP contribution in [0.4, 0.5) is 5.69 Å². The van der Waals surface area contributed by atoms with Crippen molar-refractivity contribution >= 4 is 38.5 Å². The average Bonchev–Trinajstić information content (AvgIpc) is 3.89. The Kier molecular flexibility index (Phi) is 7.74. The van der Waals surface area contributed by atoms with Gasteiger partial charge in [0.2, 0.25) is 0 Å². The van der Waals surface area contributed by atoms with Crippen LogP contribution in [0.15, 0.2) is 170 Å². The molecule has 0 saturated heterocycles. The minimum Gasteiger partial charge on any atom is -0.510 e. The first kappa shape index (κ1) is 29.5. The van der Waals surface area contributed by atoms with E-state index < -0.39 is 60.4 Å². The zero-order chi connectivity index (χ0) is 49.7. The summed E-state index contributed by atoms with van der Waals surface area (Å²) >= 11 is 0. The molecule has 0 amide bonds. The molecule has 10 rings (SSSR count). The summed E-state index contributed by atoms with van der Waals surface area (Å²) in [7, 11) is 3.81. The van der Waals surface area contributed by atoms with E-state index in [1.165, 1.54) is 0 Å². The summed E-state index contributed by atoms with van der Waals surface area (Å²) in [5.41, 5.74) is 5.38. The number of rotatable bonds is 8. The molecule has 0 unspecified atom stereocenters. The molecule has 3 heterocycles. The van der Waals surface area contributed by atoms with Gasteiger partial charge in [-0.3, -0.25) is 4.57 Å². The van der Waals surface area contributed by atoms with Crippen LogP contribution in [-0.2, 0) is 26.5 Å². The molecule has 0 N–H and O–H groups in total. The number of hydrogen-bond acceptors (Lipinski definition) is 3. The monoisotopic (exact) mass is 982 g/mol. The Bertz CT molecular complexity index is 3660. The maximum absolute atomic E-state index is 9.05. The maximum atomic E-state index is 9.05. The van der Waals surface area contributed by atoms with Crippen molar-refractivity contribution in [2.45, 2.75) is 26.2 Å². The van der Waals surface area contributed by atoms with Crippen LogP contribution in [0.5, 0.6) is 11.5 Å². The van der Waals surface area contributed by atoms with Crippen LogP contribution in [0.3, 0.4) is 0 Å². The Labute approximate surface area is 385 Å². The molecule has 7 aromatic carbocycles. The third-order valence-electron chi connectivity index (χ3n) is 10.6. The maximum Gasteiger partial charge on any atom is 0.268 e. The van der Waals surface area contributed by atoms with Crippen molar-refractivity contribution in [2.24, 2.45) is 0 Å². The van der Waals surface area contributed by atoms with Gasteiger partial charge in [0.1, 0.15) is 5.82 Å². The smallest absolute Gasteiger partial charge is 0.268 e. The average molecular weight is 983 g/mol. The van der Waals surface area contributed by atoms with Gasteiger partial charge >= 0.3 is 0 Å². The molecule has 0 aliphatic rings. The molecule has 0 radical (unpaired) electrons. The third-order valence-corrected chi connectivity index (χ3v) is 10.6. The van der Waals surface area contributed by atoms with Gasteiger partial charge < -0.3 is 18.8 Å². The molecular weight excluding hydrogens is 930 g/mol. The molecule has 10 aromatic rings. The van der Waals surface area contributed by atoms with Crippen molar-refractivity contribution in [3.8, 4) is 50.9 Å². The van der Waals surface area contributed by atoms with Crippen molar-refractivity contribution in [1.82, 2.24) is 14.1 Å². The number of aromatic nitrogens is 4. The minimum absolute atomic E-state index is 0. The Morgan fingerprint density at radius 3 is 2.08 bits per heavy atom. The molecule has 0 aliphatic heterocycles. The largest absolute Gasteiger partial charge is 0.510 e. The van der Waals surface area contributed by atoms with Crippen LogP contribution in [0.1, 0.15) is 40.0 Å². The minimum atomic E-state index is -0.574. The van der Waals surface area contributed by atoms with E-state index in [9.17, 15) is 0 Å². The molecule has 0 aliphatic carbocycles. The number of nitrogens with zero attached hydrogens (tertiary/aromatic N) is 5. The van der Waals surface area contributed by atoms with Gasteiger partial charge in [0.25, 0.3) is 6.33 Å². The Morgan fingerprint density at radius 1 is 0.689 bits per heavy atom. The van der Waals surface area contributed by atoms with E-state index in [0.717, 1.165) is 38.9 Å². The summed E-state index contributed by atoms with van der Waals surface area (Å²) in [5.74, 6) is 1.54. The second kappa shape index (κ2) is 16.0. The van der Waals surface area contributed by atoms with Crippen LogP contribution >= 0.6 is 0 Å². The van der Waals surface area contributed by atoms with Crippen molar-refractivity contribution < 1.29 is 44.1 Å². The Balaban J connectivity index is 0.00000624. The zero-order valence-electron chi connectivity index (χ0n) is 43.9. The fourth-order valence-electron chi connectivity index (χ4n) is 7.60. The van der Waals surface area contributed by atoms with E-state index in [4.69, 9.17) is 23.4 Å². The molecule has 0 spiro atoms. The Morgan fingerprint density at radius 2 is 1.38 bits per heavy atom. The Hall–Kier alpha value is -6.75.